The van der Waals surface area contributed by atoms with E-state index in [1.54, 1.807) is 6.07 Å². The van der Waals surface area contributed by atoms with Crippen LogP contribution in [0.4, 0.5) is 4.39 Å². The molecular weight excluding hydrogens is 251 g/mol. The van der Waals surface area contributed by atoms with E-state index >= 15 is 0 Å². The molecule has 0 amide bonds. The molecule has 0 saturated carbocycles. The van der Waals surface area contributed by atoms with Crippen molar-refractivity contribution in [2.75, 3.05) is 0 Å². The van der Waals surface area contributed by atoms with Crippen LogP contribution in [0.5, 0.6) is 0 Å². The lowest BCUT2D eigenvalue weighted by Crippen LogP contribution is -2.06. The minimum atomic E-state index is -0.482. The molecule has 0 N–H and O–H groups in total. The lowest BCUT2D eigenvalue weighted by molar-refractivity contribution is 0.0987. The van der Waals surface area contributed by atoms with Crippen molar-refractivity contribution in [1.82, 2.24) is 9.59 Å². The highest BCUT2D eigenvalue weighted by Crippen LogP contribution is 2.20. The monoisotopic (exact) mass is 256 g/mol. The fourth-order valence-corrected chi connectivity index (χ4v) is 1.93. The van der Waals surface area contributed by atoms with Gasteiger partial charge < -0.3 is 0 Å². The quantitative estimate of drug-likeness (QED) is 0.793. The summed E-state index contributed by atoms with van der Waals surface area (Å²) in [5.41, 5.74) is 0.437. The standard InChI is InChI=1S/C10H6ClFN2OS/c11-7-2-1-3-8(12)6(7)4-10(15)9-5-16-14-13-9/h1-3,5H,4H2. The van der Waals surface area contributed by atoms with Crippen molar-refractivity contribution in [2.45, 2.75) is 6.42 Å². The normalized spacial score (nSPS) is 10.4. The second-order valence-corrected chi connectivity index (χ2v) is 4.11. The Kier molecular flexibility index (Phi) is 3.26. The van der Waals surface area contributed by atoms with Gasteiger partial charge in [-0.3, -0.25) is 4.79 Å². The molecular formula is C10H6ClFN2OS. The molecule has 0 bridgehead atoms. The van der Waals surface area contributed by atoms with Crippen LogP contribution in [0.2, 0.25) is 5.02 Å². The summed E-state index contributed by atoms with van der Waals surface area (Å²) < 4.78 is 17.0. The number of hydrogen-bond donors (Lipinski definition) is 0. The van der Waals surface area contributed by atoms with E-state index in [2.05, 4.69) is 9.59 Å². The van der Waals surface area contributed by atoms with Crippen molar-refractivity contribution in [3.8, 4) is 0 Å². The summed E-state index contributed by atoms with van der Waals surface area (Å²) in [6.07, 6.45) is -0.100. The third-order valence-corrected chi connectivity index (χ3v) is 2.90. The van der Waals surface area contributed by atoms with Gasteiger partial charge in [0.2, 0.25) is 0 Å². The second kappa shape index (κ2) is 4.67. The third-order valence-electron chi connectivity index (χ3n) is 2.04. The van der Waals surface area contributed by atoms with Gasteiger partial charge in [0.15, 0.2) is 5.78 Å². The van der Waals surface area contributed by atoms with Crippen molar-refractivity contribution >= 4 is 28.9 Å². The molecule has 0 aliphatic heterocycles. The number of carbonyl (C=O) groups is 1. The predicted octanol–water partition coefficient (Wildman–Crippen LogP) is 2.76. The maximum Gasteiger partial charge on any atom is 0.188 e. The first-order valence-electron chi connectivity index (χ1n) is 4.41. The second-order valence-electron chi connectivity index (χ2n) is 3.09. The molecule has 0 aliphatic rings. The number of ketones is 1. The molecule has 6 heteroatoms. The highest BCUT2D eigenvalue weighted by atomic mass is 35.5. The molecule has 3 nitrogen and oxygen atoms in total. The number of aromatic nitrogens is 2. The lowest BCUT2D eigenvalue weighted by Gasteiger charge is -2.03. The molecule has 82 valence electrons. The van der Waals surface area contributed by atoms with Crippen LogP contribution in [0.1, 0.15) is 16.1 Å². The fourth-order valence-electron chi connectivity index (χ4n) is 1.24. The maximum absolute atomic E-state index is 13.4. The summed E-state index contributed by atoms with van der Waals surface area (Å²) >= 11 is 6.89. The average molecular weight is 257 g/mol. The van der Waals surface area contributed by atoms with Crippen LogP contribution in [0.15, 0.2) is 23.6 Å². The first-order chi connectivity index (χ1) is 7.68. The molecule has 0 unspecified atom stereocenters. The Labute approximate surface area is 100 Å². The van der Waals surface area contributed by atoms with Gasteiger partial charge in [0.05, 0.1) is 0 Å². The van der Waals surface area contributed by atoms with Crippen molar-refractivity contribution in [2.24, 2.45) is 0 Å². The number of Topliss-reactive ketones (excluding diaryl/α,β-unsaturated/α-hetero) is 1. The molecule has 1 heterocycles. The Morgan fingerprint density at radius 3 is 2.94 bits per heavy atom. The van der Waals surface area contributed by atoms with Crippen molar-refractivity contribution in [1.29, 1.82) is 0 Å². The van der Waals surface area contributed by atoms with Gasteiger partial charge in [0.1, 0.15) is 11.5 Å². The largest absolute Gasteiger partial charge is 0.292 e. The van der Waals surface area contributed by atoms with E-state index in [4.69, 9.17) is 11.6 Å². The Morgan fingerprint density at radius 1 is 1.50 bits per heavy atom. The van der Waals surface area contributed by atoms with E-state index in [1.807, 2.05) is 0 Å². The van der Waals surface area contributed by atoms with Gasteiger partial charge in [-0.25, -0.2) is 4.39 Å². The van der Waals surface area contributed by atoms with E-state index in [0.29, 0.717) is 0 Å². The number of halogens is 2. The van der Waals surface area contributed by atoms with Gasteiger partial charge in [-0.1, -0.05) is 22.2 Å². The lowest BCUT2D eigenvalue weighted by atomic mass is 10.1. The van der Waals surface area contributed by atoms with Crippen LogP contribution >= 0.6 is 23.1 Å². The molecule has 0 atom stereocenters. The summed E-state index contributed by atoms with van der Waals surface area (Å²) in [7, 11) is 0. The molecule has 2 aromatic rings. The fraction of sp³-hybridized carbons (Fsp3) is 0.100. The molecule has 0 spiro atoms. The zero-order valence-electron chi connectivity index (χ0n) is 7.98. The summed E-state index contributed by atoms with van der Waals surface area (Å²) in [4.78, 5) is 11.7. The minimum absolute atomic E-state index is 0.100. The number of benzene rings is 1. The van der Waals surface area contributed by atoms with Gasteiger partial charge in [-0.05, 0) is 23.7 Å². The van der Waals surface area contributed by atoms with Crippen LogP contribution in [-0.2, 0) is 6.42 Å². The van der Waals surface area contributed by atoms with Crippen LogP contribution in [0.25, 0.3) is 0 Å². The highest BCUT2D eigenvalue weighted by Gasteiger charge is 2.15. The molecule has 1 aromatic heterocycles. The molecule has 2 rings (SSSR count). The molecule has 0 radical (unpaired) electrons. The molecule has 16 heavy (non-hydrogen) atoms. The highest BCUT2D eigenvalue weighted by molar-refractivity contribution is 7.03. The van der Waals surface area contributed by atoms with Gasteiger partial charge in [-0.15, -0.1) is 5.10 Å². The first kappa shape index (κ1) is 11.2. The van der Waals surface area contributed by atoms with E-state index in [1.165, 1.54) is 17.5 Å². The molecule has 1 aromatic carbocycles. The van der Waals surface area contributed by atoms with E-state index in [9.17, 15) is 9.18 Å². The van der Waals surface area contributed by atoms with E-state index in [-0.39, 0.29) is 28.5 Å². The number of rotatable bonds is 3. The molecule has 0 aliphatic carbocycles. The van der Waals surface area contributed by atoms with Crippen molar-refractivity contribution < 1.29 is 9.18 Å². The van der Waals surface area contributed by atoms with Crippen molar-refractivity contribution in [3.05, 3.63) is 45.7 Å². The predicted molar refractivity (Wildman–Crippen MR) is 59.4 cm³/mol. The SMILES string of the molecule is O=C(Cc1c(F)cccc1Cl)c1csnn1. The maximum atomic E-state index is 13.4. The zero-order chi connectivity index (χ0) is 11.5. The Bertz CT molecular complexity index is 495. The van der Waals surface area contributed by atoms with Crippen LogP contribution in [-0.4, -0.2) is 15.4 Å². The summed E-state index contributed by atoms with van der Waals surface area (Å²) in [5, 5.41) is 5.40. The Balaban J connectivity index is 2.25. The molecule has 0 fully saturated rings. The molecule has 0 saturated heterocycles. The summed E-state index contributed by atoms with van der Waals surface area (Å²) in [6.45, 7) is 0. The van der Waals surface area contributed by atoms with Crippen LogP contribution < -0.4 is 0 Å². The van der Waals surface area contributed by atoms with Crippen LogP contribution in [0.3, 0.4) is 0 Å². The van der Waals surface area contributed by atoms with E-state index in [0.717, 1.165) is 11.5 Å². The van der Waals surface area contributed by atoms with Gasteiger partial charge in [0, 0.05) is 22.4 Å². The zero-order valence-corrected chi connectivity index (χ0v) is 9.56. The Morgan fingerprint density at radius 2 is 2.31 bits per heavy atom. The Hall–Kier alpha value is -1.33. The van der Waals surface area contributed by atoms with Gasteiger partial charge >= 0.3 is 0 Å². The minimum Gasteiger partial charge on any atom is -0.292 e. The smallest absolute Gasteiger partial charge is 0.188 e. The first-order valence-corrected chi connectivity index (χ1v) is 5.63. The van der Waals surface area contributed by atoms with Gasteiger partial charge in [0.25, 0.3) is 0 Å². The van der Waals surface area contributed by atoms with E-state index < -0.39 is 5.82 Å². The average Bonchev–Trinajstić information content (AvgIpc) is 2.76. The number of hydrogen-bond acceptors (Lipinski definition) is 4. The number of nitrogens with zero attached hydrogens (tertiary/aromatic N) is 2. The number of carbonyl (C=O) groups excluding carboxylic acids is 1. The van der Waals surface area contributed by atoms with Gasteiger partial charge in [-0.2, -0.15) is 0 Å². The van der Waals surface area contributed by atoms with Crippen LogP contribution in [0, 0.1) is 5.82 Å². The summed E-state index contributed by atoms with van der Waals surface area (Å²) in [5.74, 6) is -0.773. The topological polar surface area (TPSA) is 42.9 Å². The third kappa shape index (κ3) is 2.25. The van der Waals surface area contributed by atoms with Crippen molar-refractivity contribution in [3.63, 3.8) is 0 Å². The summed E-state index contributed by atoms with van der Waals surface area (Å²) in [6, 6.07) is 4.32.